The number of unbranched alkanes of at least 4 members (excludes halogenated alkanes) is 10. The number of nitrogens with two attached hydrogens (primary N) is 3. The topological polar surface area (TPSA) is 252 Å². The summed E-state index contributed by atoms with van der Waals surface area (Å²) in [5.74, 6) is -2.20. The number of carbonyl (C=O) groups excluding carboxylic acids is 5. The third-order valence-electron chi connectivity index (χ3n) is 10.1. The zero-order valence-electron chi connectivity index (χ0n) is 35.5. The SMILES string of the molecule is CCCCCCCCCCCC(=O)N[C@H](/C=C/C(=O)N[C@@H](CCCCN)C(=O)N[C@H](/C=C/C(=O)N[C@@H](CCCCN)C(N)=O)Cc1ccc(O)cc1)Cc1ccc(O)cc1. The normalized spacial score (nSPS) is 13.4. The Morgan fingerprint density at radius 3 is 1.47 bits per heavy atom. The summed E-state index contributed by atoms with van der Waals surface area (Å²) in [4.78, 5) is 65.2. The molecule has 14 nitrogen and oxygen atoms in total. The maximum Gasteiger partial charge on any atom is 0.244 e. The van der Waals surface area contributed by atoms with Gasteiger partial charge in [0.2, 0.25) is 29.5 Å². The lowest BCUT2D eigenvalue weighted by Gasteiger charge is -2.22. The highest BCUT2D eigenvalue weighted by Gasteiger charge is 2.23. The Morgan fingerprint density at radius 2 is 1.00 bits per heavy atom. The molecule has 5 amide bonds. The predicted octanol–water partition coefficient (Wildman–Crippen LogP) is 4.60. The van der Waals surface area contributed by atoms with Gasteiger partial charge in [-0.05, 0) is 106 Å². The number of primary amides is 1. The van der Waals surface area contributed by atoms with E-state index in [-0.39, 0.29) is 30.2 Å². The van der Waals surface area contributed by atoms with Crippen LogP contribution in [0, 0.1) is 0 Å². The Labute approximate surface area is 356 Å². The third kappa shape index (κ3) is 23.4. The molecular weight excluding hydrogens is 763 g/mol. The van der Waals surface area contributed by atoms with Gasteiger partial charge in [-0.1, -0.05) is 94.7 Å². The second kappa shape index (κ2) is 30.8. The molecule has 12 N–H and O–H groups in total. The Morgan fingerprint density at radius 1 is 0.567 bits per heavy atom. The van der Waals surface area contributed by atoms with E-state index in [1.54, 1.807) is 42.5 Å². The minimum absolute atomic E-state index is 0.0702. The van der Waals surface area contributed by atoms with E-state index in [4.69, 9.17) is 17.2 Å². The molecule has 60 heavy (non-hydrogen) atoms. The lowest BCUT2D eigenvalue weighted by atomic mass is 10.0. The lowest BCUT2D eigenvalue weighted by Crippen LogP contribution is -2.49. The molecule has 2 rings (SSSR count). The molecule has 0 heterocycles. The van der Waals surface area contributed by atoms with Crippen LogP contribution in [0.2, 0.25) is 0 Å². The van der Waals surface area contributed by atoms with E-state index in [1.807, 2.05) is 0 Å². The van der Waals surface area contributed by atoms with Gasteiger partial charge in [0.05, 0.1) is 12.1 Å². The Bertz CT molecular complexity index is 1620. The van der Waals surface area contributed by atoms with Crippen LogP contribution in [0.15, 0.2) is 72.8 Å². The van der Waals surface area contributed by atoms with Crippen molar-refractivity contribution in [2.24, 2.45) is 17.2 Å². The number of aromatic hydroxyl groups is 2. The first kappa shape index (κ1) is 50.9. The molecule has 0 spiro atoms. The fourth-order valence-electron chi connectivity index (χ4n) is 6.65. The zero-order valence-corrected chi connectivity index (χ0v) is 35.5. The van der Waals surface area contributed by atoms with Crippen molar-refractivity contribution in [3.05, 3.63) is 84.0 Å². The van der Waals surface area contributed by atoms with Gasteiger partial charge in [-0.3, -0.25) is 24.0 Å². The minimum Gasteiger partial charge on any atom is -0.508 e. The van der Waals surface area contributed by atoms with Gasteiger partial charge in [0.25, 0.3) is 0 Å². The van der Waals surface area contributed by atoms with Crippen LogP contribution in [0.5, 0.6) is 11.5 Å². The van der Waals surface area contributed by atoms with Crippen LogP contribution in [0.1, 0.15) is 121 Å². The quantitative estimate of drug-likeness (QED) is 0.0369. The van der Waals surface area contributed by atoms with E-state index in [2.05, 4.69) is 28.2 Å². The summed E-state index contributed by atoms with van der Waals surface area (Å²) in [5, 5.41) is 31.0. The Balaban J connectivity index is 2.18. The summed E-state index contributed by atoms with van der Waals surface area (Å²) in [6.07, 6.45) is 20.0. The maximum atomic E-state index is 13.9. The molecule has 0 aliphatic heterocycles. The number of phenolic OH excluding ortho intramolecular Hbond substituents is 2. The van der Waals surface area contributed by atoms with Crippen molar-refractivity contribution in [3.63, 3.8) is 0 Å². The number of carbonyl (C=O) groups is 5. The van der Waals surface area contributed by atoms with Crippen molar-refractivity contribution >= 4 is 29.5 Å². The molecule has 2 aromatic carbocycles. The standard InChI is InChI=1S/C46H71N7O7/c1-2-3-4-5-6-7-8-9-10-17-42(56)50-36(32-34-18-24-38(54)25-19-34)22-28-44(58)53-41(16-12-14-31-48)46(60)51-37(33-35-20-26-39(55)27-21-35)23-29-43(57)52-40(45(49)59)15-11-13-30-47/h18-29,36-37,40-41,54-55H,2-17,30-33,47-48H2,1H3,(H2,49,59)(H,50,56)(H,51,60)(H,52,57)(H,53,58)/b28-22+,29-23+/t36-,37-,40+,41+/m1/s1. The lowest BCUT2D eigenvalue weighted by molar-refractivity contribution is -0.127. The summed E-state index contributed by atoms with van der Waals surface area (Å²) >= 11 is 0. The second-order valence-electron chi connectivity index (χ2n) is 15.4. The van der Waals surface area contributed by atoms with Crippen LogP contribution in [-0.4, -0.2) is 77.0 Å². The summed E-state index contributed by atoms with van der Waals surface area (Å²) in [6, 6.07) is 9.96. The van der Waals surface area contributed by atoms with E-state index in [0.717, 1.165) is 30.4 Å². The van der Waals surface area contributed by atoms with Crippen LogP contribution < -0.4 is 38.5 Å². The largest absolute Gasteiger partial charge is 0.508 e. The van der Waals surface area contributed by atoms with Crippen molar-refractivity contribution in [1.82, 2.24) is 21.3 Å². The van der Waals surface area contributed by atoms with E-state index in [9.17, 15) is 34.2 Å². The molecule has 0 aliphatic rings. The van der Waals surface area contributed by atoms with Gasteiger partial charge in [-0.25, -0.2) is 0 Å². The van der Waals surface area contributed by atoms with Gasteiger partial charge in [0.1, 0.15) is 23.6 Å². The number of hydrogen-bond acceptors (Lipinski definition) is 9. The van der Waals surface area contributed by atoms with Crippen molar-refractivity contribution in [2.45, 2.75) is 147 Å². The van der Waals surface area contributed by atoms with Crippen molar-refractivity contribution in [1.29, 1.82) is 0 Å². The fourth-order valence-corrected chi connectivity index (χ4v) is 6.65. The number of rotatable bonds is 32. The first-order chi connectivity index (χ1) is 28.9. The molecular formula is C46H71N7O7. The Kier molecular flexibility index (Phi) is 26.1. The molecule has 4 atom stereocenters. The van der Waals surface area contributed by atoms with Gasteiger partial charge >= 0.3 is 0 Å². The molecule has 0 bridgehead atoms. The van der Waals surface area contributed by atoms with E-state index in [1.165, 1.54) is 68.9 Å². The molecule has 0 aliphatic carbocycles. The van der Waals surface area contributed by atoms with E-state index in [0.29, 0.717) is 58.0 Å². The van der Waals surface area contributed by atoms with Gasteiger partial charge in [-0.15, -0.1) is 0 Å². The number of amides is 5. The first-order valence-corrected chi connectivity index (χ1v) is 21.8. The van der Waals surface area contributed by atoms with Crippen molar-refractivity contribution < 1.29 is 34.2 Å². The molecule has 0 radical (unpaired) electrons. The van der Waals surface area contributed by atoms with Crippen molar-refractivity contribution in [3.8, 4) is 11.5 Å². The average Bonchev–Trinajstić information content (AvgIpc) is 3.22. The molecule has 0 unspecified atom stereocenters. The predicted molar refractivity (Wildman–Crippen MR) is 236 cm³/mol. The molecule has 0 aromatic heterocycles. The summed E-state index contributed by atoms with van der Waals surface area (Å²) in [5.41, 5.74) is 18.4. The summed E-state index contributed by atoms with van der Waals surface area (Å²) in [6.45, 7) is 3.05. The Hall–Kier alpha value is -5.21. The van der Waals surface area contributed by atoms with Gasteiger partial charge in [0.15, 0.2) is 0 Å². The first-order valence-electron chi connectivity index (χ1n) is 21.8. The third-order valence-corrected chi connectivity index (χ3v) is 10.1. The highest BCUT2D eigenvalue weighted by molar-refractivity contribution is 5.94. The highest BCUT2D eigenvalue weighted by Crippen LogP contribution is 2.15. The van der Waals surface area contributed by atoms with Gasteiger partial charge in [-0.2, -0.15) is 0 Å². The van der Waals surface area contributed by atoms with Gasteiger partial charge < -0.3 is 48.7 Å². The number of phenols is 2. The molecule has 2 aromatic rings. The van der Waals surface area contributed by atoms with Crippen LogP contribution in [0.4, 0.5) is 0 Å². The van der Waals surface area contributed by atoms with Crippen LogP contribution in [0.3, 0.4) is 0 Å². The number of hydrogen-bond donors (Lipinski definition) is 9. The van der Waals surface area contributed by atoms with E-state index < -0.39 is 47.8 Å². The van der Waals surface area contributed by atoms with Crippen molar-refractivity contribution in [2.75, 3.05) is 13.1 Å². The molecule has 332 valence electrons. The highest BCUT2D eigenvalue weighted by atomic mass is 16.3. The molecule has 0 saturated heterocycles. The molecule has 0 fully saturated rings. The fraction of sp³-hybridized carbons (Fsp3) is 0.543. The van der Waals surface area contributed by atoms with Crippen LogP contribution >= 0.6 is 0 Å². The summed E-state index contributed by atoms with van der Waals surface area (Å²) < 4.78 is 0. The maximum absolute atomic E-state index is 13.9. The molecule has 0 saturated carbocycles. The second-order valence-corrected chi connectivity index (χ2v) is 15.4. The smallest absolute Gasteiger partial charge is 0.244 e. The minimum atomic E-state index is -0.961. The number of benzene rings is 2. The number of nitrogens with one attached hydrogen (secondary N) is 4. The average molecular weight is 834 g/mol. The van der Waals surface area contributed by atoms with Crippen LogP contribution in [-0.2, 0) is 36.8 Å². The van der Waals surface area contributed by atoms with Crippen LogP contribution in [0.25, 0.3) is 0 Å². The monoisotopic (exact) mass is 834 g/mol. The molecule has 14 heteroatoms. The van der Waals surface area contributed by atoms with E-state index >= 15 is 0 Å². The van der Waals surface area contributed by atoms with Gasteiger partial charge in [0, 0.05) is 18.6 Å². The summed E-state index contributed by atoms with van der Waals surface area (Å²) in [7, 11) is 0. The zero-order chi connectivity index (χ0) is 44.0.